The van der Waals surface area contributed by atoms with Gasteiger partial charge in [0, 0.05) is 18.6 Å². The number of rotatable bonds is 8. The highest BCUT2D eigenvalue weighted by molar-refractivity contribution is 7.90. The predicted molar refractivity (Wildman–Crippen MR) is 85.7 cm³/mol. The maximum atomic E-state index is 12.4. The van der Waals surface area contributed by atoms with Crippen LogP contribution in [0.2, 0.25) is 0 Å². The summed E-state index contributed by atoms with van der Waals surface area (Å²) >= 11 is 0. The summed E-state index contributed by atoms with van der Waals surface area (Å²) < 4.78 is 54.0. The summed E-state index contributed by atoms with van der Waals surface area (Å²) in [6.07, 6.45) is 3.65. The smallest absolute Gasteiger partial charge is 0.240 e. The summed E-state index contributed by atoms with van der Waals surface area (Å²) in [6.45, 7) is 0.252. The molecule has 1 aromatic carbocycles. The van der Waals surface area contributed by atoms with Crippen molar-refractivity contribution in [3.63, 3.8) is 0 Å². The first kappa shape index (κ1) is 16.8. The van der Waals surface area contributed by atoms with Crippen molar-refractivity contribution in [3.05, 3.63) is 24.3 Å². The number of benzene rings is 1. The first-order valence-corrected chi connectivity index (χ1v) is 10.6. The molecule has 2 aliphatic carbocycles. The molecule has 3 rings (SSSR count). The molecular weight excluding hydrogens is 338 g/mol. The van der Waals surface area contributed by atoms with Crippen molar-refractivity contribution < 1.29 is 16.8 Å². The van der Waals surface area contributed by atoms with Crippen LogP contribution in [0.3, 0.4) is 0 Å². The van der Waals surface area contributed by atoms with Gasteiger partial charge in [0.1, 0.15) is 0 Å². The summed E-state index contributed by atoms with van der Waals surface area (Å²) in [5.74, 6) is 0.303. The van der Waals surface area contributed by atoms with Crippen molar-refractivity contribution in [1.29, 1.82) is 0 Å². The Balaban J connectivity index is 1.75. The maximum absolute atomic E-state index is 12.4. The number of nitrogens with two attached hydrogens (primary N) is 1. The van der Waals surface area contributed by atoms with Crippen molar-refractivity contribution in [2.24, 2.45) is 11.7 Å². The van der Waals surface area contributed by atoms with Gasteiger partial charge in [0.05, 0.1) is 9.79 Å². The average Bonchev–Trinajstić information content (AvgIpc) is 3.38. The van der Waals surface area contributed by atoms with E-state index in [2.05, 4.69) is 9.44 Å². The van der Waals surface area contributed by atoms with E-state index in [0.29, 0.717) is 5.92 Å². The molecule has 2 saturated carbocycles. The van der Waals surface area contributed by atoms with Gasteiger partial charge in [-0.2, -0.15) is 0 Å². The normalized spacial score (nSPS) is 20.4. The van der Waals surface area contributed by atoms with Crippen molar-refractivity contribution in [3.8, 4) is 0 Å². The van der Waals surface area contributed by atoms with E-state index in [1.165, 1.54) is 24.3 Å². The van der Waals surface area contributed by atoms with Crippen LogP contribution >= 0.6 is 0 Å². The SMILES string of the molecule is NCC(NS(=O)(=O)c1ccc(S(=O)(=O)NC2CC2)cc1)C1CC1. The highest BCUT2D eigenvalue weighted by Crippen LogP contribution is 2.33. The van der Waals surface area contributed by atoms with Gasteiger partial charge in [-0.05, 0) is 55.9 Å². The third-order valence-electron chi connectivity index (χ3n) is 4.10. The first-order valence-electron chi connectivity index (χ1n) is 7.66. The third kappa shape index (κ3) is 4.10. The van der Waals surface area contributed by atoms with E-state index in [9.17, 15) is 16.8 Å². The zero-order chi connectivity index (χ0) is 16.7. The van der Waals surface area contributed by atoms with Crippen LogP contribution in [0.5, 0.6) is 0 Å². The minimum Gasteiger partial charge on any atom is -0.329 e. The molecule has 0 radical (unpaired) electrons. The molecule has 0 saturated heterocycles. The van der Waals surface area contributed by atoms with E-state index in [-0.39, 0.29) is 28.4 Å². The molecule has 1 atom stereocenters. The topological polar surface area (TPSA) is 118 Å². The Morgan fingerprint density at radius 1 is 0.957 bits per heavy atom. The van der Waals surface area contributed by atoms with Gasteiger partial charge in [0.2, 0.25) is 20.0 Å². The standard InChI is InChI=1S/C14H21N3O4S2/c15-9-14(10-1-2-10)17-23(20,21)13-7-5-12(6-8-13)22(18,19)16-11-3-4-11/h5-8,10-11,14,16-17H,1-4,9,15H2. The van der Waals surface area contributed by atoms with Crippen LogP contribution in [0.1, 0.15) is 25.7 Å². The molecule has 0 aliphatic heterocycles. The first-order chi connectivity index (χ1) is 10.8. The van der Waals surface area contributed by atoms with E-state index in [1.807, 2.05) is 0 Å². The van der Waals surface area contributed by atoms with Gasteiger partial charge < -0.3 is 5.73 Å². The number of hydrogen-bond donors (Lipinski definition) is 3. The molecule has 0 aromatic heterocycles. The second kappa shape index (κ2) is 6.14. The molecule has 0 amide bonds. The van der Waals surface area contributed by atoms with Gasteiger partial charge in [-0.15, -0.1) is 0 Å². The lowest BCUT2D eigenvalue weighted by atomic mass is 10.2. The lowest BCUT2D eigenvalue weighted by molar-refractivity contribution is 0.519. The van der Waals surface area contributed by atoms with E-state index >= 15 is 0 Å². The maximum Gasteiger partial charge on any atom is 0.240 e. The Hall–Kier alpha value is -1.00. The molecule has 0 heterocycles. The molecular formula is C14H21N3O4S2. The molecule has 0 bridgehead atoms. The second-order valence-electron chi connectivity index (χ2n) is 6.17. The summed E-state index contributed by atoms with van der Waals surface area (Å²) in [7, 11) is -7.27. The summed E-state index contributed by atoms with van der Waals surface area (Å²) in [6, 6.07) is 4.99. The fourth-order valence-electron chi connectivity index (χ4n) is 2.39. The number of sulfonamides is 2. The molecule has 9 heteroatoms. The van der Waals surface area contributed by atoms with Crippen LogP contribution in [-0.2, 0) is 20.0 Å². The van der Waals surface area contributed by atoms with Gasteiger partial charge in [-0.1, -0.05) is 0 Å². The lowest BCUT2D eigenvalue weighted by Gasteiger charge is -2.16. The van der Waals surface area contributed by atoms with E-state index < -0.39 is 20.0 Å². The monoisotopic (exact) mass is 359 g/mol. The minimum atomic E-state index is -3.69. The summed E-state index contributed by atoms with van der Waals surface area (Å²) in [5.41, 5.74) is 5.62. The van der Waals surface area contributed by atoms with Gasteiger partial charge >= 0.3 is 0 Å². The minimum absolute atomic E-state index is 0.00827. The van der Waals surface area contributed by atoms with Crippen LogP contribution in [0.4, 0.5) is 0 Å². The van der Waals surface area contributed by atoms with E-state index in [4.69, 9.17) is 5.73 Å². The molecule has 23 heavy (non-hydrogen) atoms. The summed E-state index contributed by atoms with van der Waals surface area (Å²) in [5, 5.41) is 0. The van der Waals surface area contributed by atoms with E-state index in [0.717, 1.165) is 25.7 Å². The zero-order valence-corrected chi connectivity index (χ0v) is 14.2. The highest BCUT2D eigenvalue weighted by Gasteiger charge is 2.33. The van der Waals surface area contributed by atoms with Crippen LogP contribution in [0, 0.1) is 5.92 Å². The molecule has 4 N–H and O–H groups in total. The van der Waals surface area contributed by atoms with Crippen LogP contribution in [-0.4, -0.2) is 35.5 Å². The Kier molecular flexibility index (Phi) is 4.49. The molecule has 0 spiro atoms. The Morgan fingerprint density at radius 3 is 1.91 bits per heavy atom. The van der Waals surface area contributed by atoms with Crippen LogP contribution < -0.4 is 15.2 Å². The third-order valence-corrected chi connectivity index (χ3v) is 7.14. The summed E-state index contributed by atoms with van der Waals surface area (Å²) in [4.78, 5) is 0.114. The van der Waals surface area contributed by atoms with Gasteiger partial charge in [-0.25, -0.2) is 26.3 Å². The van der Waals surface area contributed by atoms with Crippen molar-refractivity contribution in [2.75, 3.05) is 6.54 Å². The lowest BCUT2D eigenvalue weighted by Crippen LogP contribution is -2.41. The highest BCUT2D eigenvalue weighted by atomic mass is 32.2. The molecule has 1 unspecified atom stereocenters. The Morgan fingerprint density at radius 2 is 1.48 bits per heavy atom. The zero-order valence-electron chi connectivity index (χ0n) is 12.6. The predicted octanol–water partition coefficient (Wildman–Crippen LogP) is 0.143. The molecule has 2 aliphatic rings. The van der Waals surface area contributed by atoms with Crippen LogP contribution in [0.15, 0.2) is 34.1 Å². The quantitative estimate of drug-likeness (QED) is 0.610. The molecule has 2 fully saturated rings. The average molecular weight is 359 g/mol. The molecule has 128 valence electrons. The Bertz CT molecular complexity index is 767. The van der Waals surface area contributed by atoms with Crippen LogP contribution in [0.25, 0.3) is 0 Å². The van der Waals surface area contributed by atoms with E-state index in [1.54, 1.807) is 0 Å². The van der Waals surface area contributed by atoms with Crippen molar-refractivity contribution in [1.82, 2.24) is 9.44 Å². The second-order valence-corrected chi connectivity index (χ2v) is 9.60. The molecule has 1 aromatic rings. The fourth-order valence-corrected chi connectivity index (χ4v) is 5.01. The van der Waals surface area contributed by atoms with Gasteiger partial charge in [0.25, 0.3) is 0 Å². The largest absolute Gasteiger partial charge is 0.329 e. The van der Waals surface area contributed by atoms with Gasteiger partial charge in [-0.3, -0.25) is 0 Å². The van der Waals surface area contributed by atoms with Crippen molar-refractivity contribution in [2.45, 2.75) is 47.6 Å². The fraction of sp³-hybridized carbons (Fsp3) is 0.571. The number of hydrogen-bond acceptors (Lipinski definition) is 5. The Labute approximate surface area is 136 Å². The number of nitrogens with one attached hydrogen (secondary N) is 2. The molecule has 7 nitrogen and oxygen atoms in total. The van der Waals surface area contributed by atoms with Crippen molar-refractivity contribution >= 4 is 20.0 Å². The van der Waals surface area contributed by atoms with Gasteiger partial charge in [0.15, 0.2) is 0 Å².